The second kappa shape index (κ2) is 56.9. The van der Waals surface area contributed by atoms with Crippen LogP contribution in [0.15, 0.2) is 461 Å². The van der Waals surface area contributed by atoms with Crippen LogP contribution in [-0.2, 0) is 63.6 Å². The van der Waals surface area contributed by atoms with E-state index in [1.54, 1.807) is 48.5 Å². The smallest absolute Gasteiger partial charge is 1.00 e. The predicted octanol–water partition coefficient (Wildman–Crippen LogP) is 20.8. The maximum atomic E-state index is 12.4. The average Bonchev–Trinajstić information content (AvgIpc) is 0.817. The first-order chi connectivity index (χ1) is 61.0. The number of carbonyl (C=O) groups excluding carboxylic acids is 2. The molecule has 22 heteroatoms. The number of rotatable bonds is 20. The summed E-state index contributed by atoms with van der Waals surface area (Å²) in [7, 11) is -3.19. The Balaban J connectivity index is 0.000000216. The van der Waals surface area contributed by atoms with Crippen molar-refractivity contribution in [1.29, 1.82) is 0 Å². The van der Waals surface area contributed by atoms with E-state index in [1.165, 1.54) is 100.0 Å². The molecule has 0 aromatic heterocycles. The molecular formula is C107H92Cu3F7N4O2P6+6. The summed E-state index contributed by atoms with van der Waals surface area (Å²) in [5.41, 5.74) is 1.04. The predicted molar refractivity (Wildman–Crippen MR) is 529 cm³/mol. The van der Waals surface area contributed by atoms with Crippen LogP contribution < -0.4 is 79.0 Å². The number of benzene rings is 16. The molecule has 16 rings (SSSR count). The van der Waals surface area contributed by atoms with Crippen molar-refractivity contribution in [1.82, 2.24) is 0 Å². The third-order valence-corrected chi connectivity index (χ3v) is 38.1. The molecule has 129 heavy (non-hydrogen) atoms. The fourth-order valence-corrected chi connectivity index (χ4v) is 33.6. The Labute approximate surface area is 791 Å². The number of urea groups is 2. The Morgan fingerprint density at radius 2 is 0.512 bits per heavy atom. The molecule has 16 aromatic carbocycles. The zero-order chi connectivity index (χ0) is 87.5. The van der Waals surface area contributed by atoms with Crippen LogP contribution in [0, 0.1) is 35.7 Å². The van der Waals surface area contributed by atoms with E-state index in [0.717, 1.165) is 32.5 Å². The molecule has 2 radical (unpaired) electrons. The third kappa shape index (κ3) is 35.6. The van der Waals surface area contributed by atoms with E-state index in [9.17, 15) is 35.9 Å². The van der Waals surface area contributed by atoms with Crippen molar-refractivity contribution in [2.24, 2.45) is 0 Å². The standard InChI is InChI=1S/2C25H22P2.C19H17P2.2C16H10F3N2O.C6H5.3Cu.FH/c2*1-5-13-22(14-6-1)26(23-15-7-2-8-16-23)21-27(24-17-9-3-10-18-24)25-19-11-4-12-20-25;1-4-10-17(11-5-1)20-16-21(18-12-6-2-7-13-18)19-14-8-3-9-15-19;2*1-2-11-3-7-13(8-4-11)20-15(22)21-14-9-5-12(6-10-14)16(17,18)19;1-2-4-6-5-3-1;;;;/h2*1-20H,21H2;1-15H,16H2;2*3-10H,(H2,20,21,22);1-5H;;;;1H/q;;4*-1;+1;2*+2;/p+5. The zero-order valence-corrected chi connectivity index (χ0v) is 78.2. The van der Waals surface area contributed by atoms with Crippen LogP contribution in [0.3, 0.4) is 0 Å². The van der Waals surface area contributed by atoms with Gasteiger partial charge in [0.05, 0.1) is 11.1 Å². The quantitative estimate of drug-likeness (QED) is 0.0202. The number of alkyl halides is 6. The van der Waals surface area contributed by atoms with Crippen molar-refractivity contribution in [2.45, 2.75) is 12.4 Å². The minimum atomic E-state index is -4.41. The van der Waals surface area contributed by atoms with E-state index in [-0.39, 0.29) is 67.3 Å². The van der Waals surface area contributed by atoms with E-state index >= 15 is 0 Å². The molecule has 0 heterocycles. The maximum absolute atomic E-state index is 12.4. The van der Waals surface area contributed by atoms with E-state index in [2.05, 4.69) is 373 Å². The number of carbonyl (C=O) groups is 2. The summed E-state index contributed by atoms with van der Waals surface area (Å²) in [5, 5.41) is 25.0. The van der Waals surface area contributed by atoms with Gasteiger partial charge in [-0.1, -0.05) is 206 Å². The summed E-state index contributed by atoms with van der Waals surface area (Å²) >= 11 is 0. The van der Waals surface area contributed by atoms with Crippen LogP contribution in [0.4, 0.5) is 58.7 Å². The van der Waals surface area contributed by atoms with Gasteiger partial charge in [0.25, 0.3) is 0 Å². The van der Waals surface area contributed by atoms with Crippen LogP contribution >= 0.6 is 47.8 Å². The molecule has 1 unspecified atom stereocenters. The van der Waals surface area contributed by atoms with Crippen LogP contribution in [0.5, 0.6) is 0 Å². The van der Waals surface area contributed by atoms with Crippen molar-refractivity contribution >= 4 is 136 Å². The van der Waals surface area contributed by atoms with Crippen molar-refractivity contribution < 1.29 is 91.8 Å². The Morgan fingerprint density at radius 1 is 0.302 bits per heavy atom. The second-order valence-corrected chi connectivity index (χ2v) is 43.6. The van der Waals surface area contributed by atoms with E-state index in [1.807, 2.05) is 30.3 Å². The van der Waals surface area contributed by atoms with E-state index in [4.69, 9.17) is 12.8 Å². The first kappa shape index (κ1) is 105. The molecule has 6 nitrogen and oxygen atoms in total. The Hall–Kier alpha value is -11.3. The monoisotopic (exact) mass is 1970 g/mol. The van der Waals surface area contributed by atoms with Gasteiger partial charge in [0.1, 0.15) is 101 Å². The molecule has 0 aliphatic carbocycles. The Morgan fingerprint density at radius 3 is 0.698 bits per heavy atom. The van der Waals surface area contributed by atoms with Crippen LogP contribution in [0.25, 0.3) is 0 Å². The van der Waals surface area contributed by atoms with Gasteiger partial charge in [-0.25, -0.2) is 9.59 Å². The summed E-state index contributed by atoms with van der Waals surface area (Å²) < 4.78 is 74.5. The number of anilines is 4. The number of hydrogen-bond acceptors (Lipinski definition) is 2. The molecule has 658 valence electrons. The molecule has 0 bridgehead atoms. The summed E-state index contributed by atoms with van der Waals surface area (Å²) in [6, 6.07) is 154. The minimum Gasteiger partial charge on any atom is -1.00 e. The molecule has 1 atom stereocenters. The van der Waals surface area contributed by atoms with E-state index in [0.29, 0.717) is 22.5 Å². The molecule has 0 aliphatic rings. The second-order valence-electron chi connectivity index (χ2n) is 27.9. The van der Waals surface area contributed by atoms with Crippen molar-refractivity contribution in [3.63, 3.8) is 0 Å². The average molecular weight is 1980 g/mol. The van der Waals surface area contributed by atoms with Crippen molar-refractivity contribution in [3.05, 3.63) is 507 Å². The van der Waals surface area contributed by atoms with Gasteiger partial charge in [-0.15, -0.1) is 47.5 Å². The first-order valence-electron chi connectivity index (χ1n) is 40.1. The normalized spacial score (nSPS) is 10.4. The summed E-state index contributed by atoms with van der Waals surface area (Å²) in [6.07, 6.45) is 5.05. The van der Waals surface area contributed by atoms with Gasteiger partial charge in [-0.3, -0.25) is 11.8 Å². The Bertz CT molecular complexity index is 5300. The molecule has 0 saturated carbocycles. The third-order valence-electron chi connectivity index (χ3n) is 19.3. The minimum absolute atomic E-state index is 0. The first-order valence-corrected chi connectivity index (χ1v) is 49.9. The molecule has 0 saturated heterocycles. The summed E-state index contributed by atoms with van der Waals surface area (Å²) in [5.74, 6) is 8.15. The summed E-state index contributed by atoms with van der Waals surface area (Å²) in [4.78, 5) is 24.9. The number of nitrogens with one attached hydrogen (secondary N) is 4. The molecular weight excluding hydrogens is 1880 g/mol. The zero-order valence-electron chi connectivity index (χ0n) is 69.4. The fourth-order valence-electron chi connectivity index (χ4n) is 13.0. The van der Waals surface area contributed by atoms with Gasteiger partial charge in [0.15, 0.2) is 11.8 Å². The van der Waals surface area contributed by atoms with Crippen molar-refractivity contribution in [2.75, 3.05) is 39.0 Å². The van der Waals surface area contributed by atoms with Gasteiger partial charge in [0.2, 0.25) is 5.90 Å². The van der Waals surface area contributed by atoms with Gasteiger partial charge in [-0.05, 0) is 170 Å². The number of hydrogen-bond donors (Lipinski definition) is 4. The number of amides is 4. The fraction of sp³-hybridized carbons (Fsp3) is 0.0467. The van der Waals surface area contributed by atoms with Crippen LogP contribution in [0.1, 0.15) is 22.3 Å². The molecule has 16 aromatic rings. The molecule has 0 spiro atoms. The SMILES string of the molecule is [C-]#Cc1ccc(NC(=O)Nc2ccc(C(F)(F)F)cc2)cc1.[C-]#Cc1ccc(NC(=O)Nc2ccc(C(F)(F)F)cc2)cc1.[Cu+2].[Cu+2].[Cu+].[F-].[c-]1ccccc1.c1ccc([PH+](C[PH+](c2ccccc2)c2ccccc2)c2ccccc2)cc1.c1ccc([PH+](C[PH+](c2ccccc2)c2ccccc2)c2ccccc2)cc1.c1ccc([PH+](C[PH+]=c2cccc[cH-]2)c2ccccc2)cc1. The summed E-state index contributed by atoms with van der Waals surface area (Å²) in [6.45, 7) is 0. The largest absolute Gasteiger partial charge is 2.00 e. The van der Waals surface area contributed by atoms with Gasteiger partial charge in [-0.2, -0.15) is 80.9 Å². The Kier molecular flexibility index (Phi) is 46.2. The molecule has 0 aliphatic heterocycles. The van der Waals surface area contributed by atoms with Crippen LogP contribution in [0.2, 0.25) is 0 Å². The topological polar surface area (TPSA) is 82.3 Å². The van der Waals surface area contributed by atoms with E-state index < -0.39 is 75.1 Å². The molecule has 4 amide bonds. The van der Waals surface area contributed by atoms with Crippen LogP contribution in [-0.4, -0.2) is 29.8 Å². The number of halogens is 7. The maximum Gasteiger partial charge on any atom is 2.00 e. The van der Waals surface area contributed by atoms with Gasteiger partial charge in [0, 0.05) is 27.7 Å². The van der Waals surface area contributed by atoms with Crippen molar-refractivity contribution in [3.8, 4) is 11.8 Å². The van der Waals surface area contributed by atoms with Gasteiger partial charge < -0.3 is 38.8 Å². The molecule has 4 N–H and O–H groups in total. The van der Waals surface area contributed by atoms with Gasteiger partial charge >= 0.3 is 75.6 Å². The molecule has 0 fully saturated rings.